The van der Waals surface area contributed by atoms with Gasteiger partial charge in [0.05, 0.1) is 0 Å². The Morgan fingerprint density at radius 3 is 3.08 bits per heavy atom. The maximum atomic E-state index is 11.7. The van der Waals surface area contributed by atoms with Gasteiger partial charge in [-0.05, 0) is 18.8 Å². The van der Waals surface area contributed by atoms with Gasteiger partial charge in [-0.2, -0.15) is 0 Å². The van der Waals surface area contributed by atoms with E-state index in [9.17, 15) is 4.79 Å². The first-order chi connectivity index (χ1) is 6.19. The van der Waals surface area contributed by atoms with E-state index in [1.807, 2.05) is 0 Å². The number of carbonyl (C=O) groups is 1. The number of carbonyl (C=O) groups excluding carboxylic acids is 1. The lowest BCUT2D eigenvalue weighted by molar-refractivity contribution is -0.124. The first-order valence-corrected chi connectivity index (χ1v) is 4.86. The summed E-state index contributed by atoms with van der Waals surface area (Å²) in [4.78, 5) is 16.0. The van der Waals surface area contributed by atoms with E-state index >= 15 is 0 Å². The highest BCUT2D eigenvalue weighted by atomic mass is 16.2. The summed E-state index contributed by atoms with van der Waals surface area (Å²) in [5, 5.41) is 2.60. The Balaban J connectivity index is 2.33. The number of rotatable bonds is 1. The van der Waals surface area contributed by atoms with Crippen molar-refractivity contribution in [3.63, 3.8) is 0 Å². The zero-order chi connectivity index (χ0) is 9.47. The number of amides is 1. The molecular formula is C9H15N3O. The molecule has 0 aromatic carbocycles. The Bertz CT molecular complexity index is 274. The molecule has 1 saturated carbocycles. The molecule has 1 aliphatic carbocycles. The highest BCUT2D eigenvalue weighted by molar-refractivity contribution is 6.07. The smallest absolute Gasteiger partial charge is 0.254 e. The van der Waals surface area contributed by atoms with Crippen LogP contribution in [0.5, 0.6) is 0 Å². The van der Waals surface area contributed by atoms with Crippen LogP contribution in [0.25, 0.3) is 0 Å². The van der Waals surface area contributed by atoms with E-state index in [4.69, 9.17) is 5.73 Å². The van der Waals surface area contributed by atoms with E-state index in [-0.39, 0.29) is 5.91 Å². The second-order valence-corrected chi connectivity index (χ2v) is 3.87. The Labute approximate surface area is 77.6 Å². The van der Waals surface area contributed by atoms with Crippen LogP contribution in [0, 0.1) is 5.92 Å². The van der Waals surface area contributed by atoms with Crippen molar-refractivity contribution in [1.29, 1.82) is 0 Å². The standard InChI is InChI=1S/C9H15N3O/c1-2-6-4-3-5-9(6)7(13)11-8(10)12-9/h6H,2-5H2,1H3,(H3,10,11,12,13). The minimum absolute atomic E-state index is 0.00866. The minimum atomic E-state index is -0.501. The van der Waals surface area contributed by atoms with Crippen molar-refractivity contribution in [3.8, 4) is 0 Å². The van der Waals surface area contributed by atoms with E-state index in [1.165, 1.54) is 0 Å². The molecule has 4 heteroatoms. The zero-order valence-corrected chi connectivity index (χ0v) is 7.84. The summed E-state index contributed by atoms with van der Waals surface area (Å²) in [5.41, 5.74) is 5.01. The molecule has 1 heterocycles. The highest BCUT2D eigenvalue weighted by Gasteiger charge is 2.51. The van der Waals surface area contributed by atoms with Crippen LogP contribution in [-0.4, -0.2) is 17.4 Å². The normalized spacial score (nSPS) is 38.1. The van der Waals surface area contributed by atoms with Crippen molar-refractivity contribution in [1.82, 2.24) is 5.32 Å². The largest absolute Gasteiger partial charge is 0.370 e. The van der Waals surface area contributed by atoms with Crippen molar-refractivity contribution >= 4 is 11.9 Å². The van der Waals surface area contributed by atoms with Gasteiger partial charge in [-0.1, -0.05) is 19.8 Å². The third-order valence-electron chi connectivity index (χ3n) is 3.23. The molecule has 2 unspecified atom stereocenters. The quantitative estimate of drug-likeness (QED) is 0.614. The van der Waals surface area contributed by atoms with Crippen molar-refractivity contribution < 1.29 is 4.79 Å². The van der Waals surface area contributed by atoms with E-state index < -0.39 is 5.54 Å². The first kappa shape index (κ1) is 8.53. The van der Waals surface area contributed by atoms with Crippen LogP contribution in [0.3, 0.4) is 0 Å². The third kappa shape index (κ3) is 1.04. The average molecular weight is 181 g/mol. The molecule has 1 aliphatic heterocycles. The van der Waals surface area contributed by atoms with E-state index in [0.29, 0.717) is 11.9 Å². The van der Waals surface area contributed by atoms with Crippen LogP contribution in [0.4, 0.5) is 0 Å². The molecule has 4 nitrogen and oxygen atoms in total. The lowest BCUT2D eigenvalue weighted by Crippen LogP contribution is -2.43. The van der Waals surface area contributed by atoms with Crippen LogP contribution in [0.2, 0.25) is 0 Å². The van der Waals surface area contributed by atoms with Gasteiger partial charge in [-0.3, -0.25) is 10.1 Å². The molecular weight excluding hydrogens is 166 g/mol. The summed E-state index contributed by atoms with van der Waals surface area (Å²) >= 11 is 0. The molecule has 13 heavy (non-hydrogen) atoms. The SMILES string of the molecule is CCC1CCCC12N=C(N)NC2=O. The van der Waals surface area contributed by atoms with E-state index in [2.05, 4.69) is 17.2 Å². The van der Waals surface area contributed by atoms with Gasteiger partial charge in [0.1, 0.15) is 5.54 Å². The van der Waals surface area contributed by atoms with E-state index in [1.54, 1.807) is 0 Å². The molecule has 0 radical (unpaired) electrons. The van der Waals surface area contributed by atoms with Crippen LogP contribution in [0.15, 0.2) is 4.99 Å². The van der Waals surface area contributed by atoms with Gasteiger partial charge in [0.15, 0.2) is 5.96 Å². The van der Waals surface area contributed by atoms with Crippen LogP contribution in [0.1, 0.15) is 32.6 Å². The number of nitrogens with two attached hydrogens (primary N) is 1. The molecule has 72 valence electrons. The van der Waals surface area contributed by atoms with Gasteiger partial charge >= 0.3 is 0 Å². The Morgan fingerprint density at radius 1 is 1.77 bits per heavy atom. The average Bonchev–Trinajstić information content (AvgIpc) is 2.59. The van der Waals surface area contributed by atoms with Crippen molar-refractivity contribution in [2.24, 2.45) is 16.6 Å². The fourth-order valence-electron chi connectivity index (χ4n) is 2.57. The summed E-state index contributed by atoms with van der Waals surface area (Å²) in [6, 6.07) is 0. The number of nitrogens with one attached hydrogen (secondary N) is 1. The maximum Gasteiger partial charge on any atom is 0.254 e. The molecule has 1 spiro atoms. The molecule has 2 rings (SSSR count). The lowest BCUT2D eigenvalue weighted by atomic mass is 9.85. The monoisotopic (exact) mass is 181 g/mol. The van der Waals surface area contributed by atoms with Gasteiger partial charge in [0, 0.05) is 0 Å². The molecule has 0 bridgehead atoms. The van der Waals surface area contributed by atoms with Crippen molar-refractivity contribution in [2.75, 3.05) is 0 Å². The van der Waals surface area contributed by atoms with E-state index in [0.717, 1.165) is 25.7 Å². The fraction of sp³-hybridized carbons (Fsp3) is 0.778. The Morgan fingerprint density at radius 2 is 2.54 bits per heavy atom. The molecule has 0 saturated heterocycles. The van der Waals surface area contributed by atoms with Crippen LogP contribution < -0.4 is 11.1 Å². The van der Waals surface area contributed by atoms with Crippen molar-refractivity contribution in [2.45, 2.75) is 38.1 Å². The molecule has 0 aromatic rings. The summed E-state index contributed by atoms with van der Waals surface area (Å²) in [5.74, 6) is 0.688. The summed E-state index contributed by atoms with van der Waals surface area (Å²) in [6.45, 7) is 2.11. The fourth-order valence-corrected chi connectivity index (χ4v) is 2.57. The Kier molecular flexibility index (Phi) is 1.78. The lowest BCUT2D eigenvalue weighted by Gasteiger charge is -2.23. The predicted octanol–water partition coefficient (Wildman–Crippen LogP) is 0.380. The molecule has 2 aliphatic rings. The van der Waals surface area contributed by atoms with Crippen LogP contribution in [-0.2, 0) is 4.79 Å². The molecule has 3 N–H and O–H groups in total. The van der Waals surface area contributed by atoms with Gasteiger partial charge in [0.2, 0.25) is 0 Å². The summed E-state index contributed by atoms with van der Waals surface area (Å²) in [6.07, 6.45) is 4.05. The van der Waals surface area contributed by atoms with Crippen LogP contribution >= 0.6 is 0 Å². The summed E-state index contributed by atoms with van der Waals surface area (Å²) < 4.78 is 0. The molecule has 1 amide bonds. The van der Waals surface area contributed by atoms with Gasteiger partial charge in [0.25, 0.3) is 5.91 Å². The second kappa shape index (κ2) is 2.72. The number of hydrogen-bond acceptors (Lipinski definition) is 3. The predicted molar refractivity (Wildman–Crippen MR) is 50.1 cm³/mol. The summed E-state index contributed by atoms with van der Waals surface area (Å²) in [7, 11) is 0. The molecule has 2 atom stereocenters. The molecule has 1 fully saturated rings. The number of hydrogen-bond donors (Lipinski definition) is 2. The topological polar surface area (TPSA) is 67.5 Å². The maximum absolute atomic E-state index is 11.7. The number of aliphatic imine (C=N–C) groups is 1. The van der Waals surface area contributed by atoms with Gasteiger partial charge < -0.3 is 5.73 Å². The number of nitrogens with zero attached hydrogens (tertiary/aromatic N) is 1. The third-order valence-corrected chi connectivity index (χ3v) is 3.23. The first-order valence-electron chi connectivity index (χ1n) is 4.86. The molecule has 0 aromatic heterocycles. The van der Waals surface area contributed by atoms with Crippen molar-refractivity contribution in [3.05, 3.63) is 0 Å². The van der Waals surface area contributed by atoms with Gasteiger partial charge in [-0.25, -0.2) is 4.99 Å². The Hall–Kier alpha value is -1.06. The van der Waals surface area contributed by atoms with Gasteiger partial charge in [-0.15, -0.1) is 0 Å². The number of guanidine groups is 1. The zero-order valence-electron chi connectivity index (χ0n) is 7.84. The second-order valence-electron chi connectivity index (χ2n) is 3.87. The minimum Gasteiger partial charge on any atom is -0.370 e. The highest BCUT2D eigenvalue weighted by Crippen LogP contribution is 2.42.